The van der Waals surface area contributed by atoms with Crippen molar-refractivity contribution in [1.29, 1.82) is 0 Å². The first-order valence-corrected chi connectivity index (χ1v) is 6.85. The summed E-state index contributed by atoms with van der Waals surface area (Å²) in [5, 5.41) is 0. The molecule has 3 heteroatoms. The third-order valence-corrected chi connectivity index (χ3v) is 3.53. The molecule has 1 fully saturated rings. The third-order valence-electron chi connectivity index (χ3n) is 3.53. The zero-order valence-corrected chi connectivity index (χ0v) is 11.2. The van der Waals surface area contributed by atoms with Gasteiger partial charge in [-0.05, 0) is 37.3 Å². The highest BCUT2D eigenvalue weighted by atomic mass is 16.5. The molecule has 2 unspecified atom stereocenters. The molecule has 0 bridgehead atoms. The second kappa shape index (κ2) is 5.98. The molecule has 1 aromatic rings. The van der Waals surface area contributed by atoms with Crippen molar-refractivity contribution in [2.24, 2.45) is 5.92 Å². The highest BCUT2D eigenvalue weighted by Crippen LogP contribution is 2.27. The van der Waals surface area contributed by atoms with E-state index in [1.54, 1.807) is 12.3 Å². The van der Waals surface area contributed by atoms with Gasteiger partial charge in [-0.15, -0.1) is 0 Å². The van der Waals surface area contributed by atoms with E-state index in [0.29, 0.717) is 18.2 Å². The second-order valence-electron chi connectivity index (χ2n) is 5.17. The lowest BCUT2D eigenvalue weighted by Gasteiger charge is -2.27. The largest absolute Gasteiger partial charge is 0.489 e. The van der Waals surface area contributed by atoms with Crippen molar-refractivity contribution in [1.82, 2.24) is 4.98 Å². The molecule has 2 atom stereocenters. The Hall–Kier alpha value is -1.38. The van der Waals surface area contributed by atoms with E-state index < -0.39 is 0 Å². The molecular formula is C15H21NO2. The number of carbonyl (C=O) groups excluding carboxylic acids is 1. The minimum absolute atomic E-state index is 0.0767. The smallest absolute Gasteiger partial charge is 0.180 e. The minimum atomic E-state index is 0.0767. The summed E-state index contributed by atoms with van der Waals surface area (Å²) < 4.78 is 5.92. The maximum Gasteiger partial charge on any atom is 0.180 e. The Morgan fingerprint density at radius 3 is 2.89 bits per heavy atom. The normalized spacial score (nSPS) is 23.7. The van der Waals surface area contributed by atoms with Crippen LogP contribution in [0.3, 0.4) is 0 Å². The molecular weight excluding hydrogens is 226 g/mol. The molecule has 0 radical (unpaired) electrons. The predicted octanol–water partition coefficient (Wildman–Crippen LogP) is 3.63. The van der Waals surface area contributed by atoms with E-state index in [4.69, 9.17) is 4.74 Å². The van der Waals surface area contributed by atoms with Crippen LogP contribution in [0.2, 0.25) is 0 Å². The van der Waals surface area contributed by atoms with E-state index in [-0.39, 0.29) is 5.78 Å². The number of hydrogen-bond donors (Lipinski definition) is 0. The Bertz CT molecular complexity index is 399. The number of ketones is 1. The number of pyridine rings is 1. The molecule has 98 valence electrons. The van der Waals surface area contributed by atoms with Gasteiger partial charge >= 0.3 is 0 Å². The maximum absolute atomic E-state index is 11.5. The highest BCUT2D eigenvalue weighted by molar-refractivity contribution is 5.93. The Balaban J connectivity index is 1.95. The Kier molecular flexibility index (Phi) is 4.34. The van der Waals surface area contributed by atoms with Crippen LogP contribution >= 0.6 is 0 Å². The van der Waals surface area contributed by atoms with Crippen LogP contribution < -0.4 is 4.74 Å². The van der Waals surface area contributed by atoms with Crippen molar-refractivity contribution in [2.45, 2.75) is 52.1 Å². The Morgan fingerprint density at radius 2 is 2.28 bits per heavy atom. The zero-order chi connectivity index (χ0) is 13.0. The van der Waals surface area contributed by atoms with E-state index in [0.717, 1.165) is 24.5 Å². The van der Waals surface area contributed by atoms with E-state index in [1.165, 1.54) is 12.8 Å². The van der Waals surface area contributed by atoms with Crippen molar-refractivity contribution < 1.29 is 9.53 Å². The number of carbonyl (C=O) groups is 1. The lowest BCUT2D eigenvalue weighted by molar-refractivity contribution is 0.0983. The highest BCUT2D eigenvalue weighted by Gasteiger charge is 2.20. The van der Waals surface area contributed by atoms with Crippen LogP contribution in [0.15, 0.2) is 18.3 Å². The first kappa shape index (κ1) is 13.1. The van der Waals surface area contributed by atoms with Gasteiger partial charge in [-0.2, -0.15) is 0 Å². The molecule has 0 N–H and O–H groups in total. The maximum atomic E-state index is 11.5. The summed E-state index contributed by atoms with van der Waals surface area (Å²) >= 11 is 0. The van der Waals surface area contributed by atoms with Gasteiger partial charge in [-0.25, -0.2) is 4.98 Å². The summed E-state index contributed by atoms with van der Waals surface area (Å²) in [6, 6.07) is 3.61. The average molecular weight is 247 g/mol. The summed E-state index contributed by atoms with van der Waals surface area (Å²) in [6.45, 7) is 4.12. The zero-order valence-electron chi connectivity index (χ0n) is 11.2. The quantitative estimate of drug-likeness (QED) is 0.763. The SMILES string of the molecule is CCC(=O)c1ccc(OC2CCCC(C)C2)cn1. The molecule has 3 nitrogen and oxygen atoms in total. The summed E-state index contributed by atoms with van der Waals surface area (Å²) in [5.41, 5.74) is 0.530. The van der Waals surface area contributed by atoms with Gasteiger partial charge in [0.1, 0.15) is 11.4 Å². The number of nitrogens with zero attached hydrogens (tertiary/aromatic N) is 1. The first-order valence-electron chi connectivity index (χ1n) is 6.85. The van der Waals surface area contributed by atoms with Crippen LogP contribution in [0, 0.1) is 5.92 Å². The van der Waals surface area contributed by atoms with Gasteiger partial charge in [0.15, 0.2) is 5.78 Å². The van der Waals surface area contributed by atoms with Crippen LogP contribution in [0.4, 0.5) is 0 Å². The van der Waals surface area contributed by atoms with Crippen molar-refractivity contribution in [3.05, 3.63) is 24.0 Å². The Morgan fingerprint density at radius 1 is 1.44 bits per heavy atom. The van der Waals surface area contributed by atoms with Crippen LogP contribution in [-0.4, -0.2) is 16.9 Å². The van der Waals surface area contributed by atoms with E-state index in [2.05, 4.69) is 11.9 Å². The fraction of sp³-hybridized carbons (Fsp3) is 0.600. The predicted molar refractivity (Wildman–Crippen MR) is 70.9 cm³/mol. The molecule has 0 aliphatic heterocycles. The lowest BCUT2D eigenvalue weighted by Crippen LogP contribution is -2.24. The topological polar surface area (TPSA) is 39.2 Å². The first-order chi connectivity index (χ1) is 8.69. The second-order valence-corrected chi connectivity index (χ2v) is 5.17. The number of Topliss-reactive ketones (excluding diaryl/α,β-unsaturated/α-hetero) is 1. The molecule has 0 aromatic carbocycles. The average Bonchev–Trinajstić information content (AvgIpc) is 2.39. The molecule has 0 saturated heterocycles. The van der Waals surface area contributed by atoms with Gasteiger partial charge in [0.25, 0.3) is 0 Å². The molecule has 2 rings (SSSR count). The van der Waals surface area contributed by atoms with Crippen LogP contribution in [0.5, 0.6) is 5.75 Å². The third kappa shape index (κ3) is 3.31. The fourth-order valence-corrected chi connectivity index (χ4v) is 2.47. The fourth-order valence-electron chi connectivity index (χ4n) is 2.47. The van der Waals surface area contributed by atoms with E-state index in [9.17, 15) is 4.79 Å². The van der Waals surface area contributed by atoms with Crippen LogP contribution in [0.1, 0.15) is 56.4 Å². The van der Waals surface area contributed by atoms with Gasteiger partial charge in [0, 0.05) is 6.42 Å². The van der Waals surface area contributed by atoms with Crippen molar-refractivity contribution >= 4 is 5.78 Å². The molecule has 1 heterocycles. The van der Waals surface area contributed by atoms with Gasteiger partial charge < -0.3 is 4.74 Å². The number of hydrogen-bond acceptors (Lipinski definition) is 3. The Labute approximate surface area is 109 Å². The standard InChI is InChI=1S/C15H21NO2/c1-3-15(17)14-8-7-13(10-16-14)18-12-6-4-5-11(2)9-12/h7-8,10-12H,3-6,9H2,1-2H3. The van der Waals surface area contributed by atoms with Gasteiger partial charge in [-0.3, -0.25) is 4.79 Å². The molecule has 1 aromatic heterocycles. The van der Waals surface area contributed by atoms with Crippen molar-refractivity contribution in [2.75, 3.05) is 0 Å². The summed E-state index contributed by atoms with van der Waals surface area (Å²) in [4.78, 5) is 15.6. The number of ether oxygens (including phenoxy) is 1. The number of rotatable bonds is 4. The van der Waals surface area contributed by atoms with Crippen LogP contribution in [0.25, 0.3) is 0 Å². The molecule has 0 spiro atoms. The summed E-state index contributed by atoms with van der Waals surface area (Å²) in [6.07, 6.45) is 7.27. The van der Waals surface area contributed by atoms with E-state index >= 15 is 0 Å². The number of aromatic nitrogens is 1. The van der Waals surface area contributed by atoms with Crippen molar-refractivity contribution in [3.63, 3.8) is 0 Å². The van der Waals surface area contributed by atoms with E-state index in [1.807, 2.05) is 13.0 Å². The summed E-state index contributed by atoms with van der Waals surface area (Å²) in [7, 11) is 0. The van der Waals surface area contributed by atoms with Gasteiger partial charge in [-0.1, -0.05) is 20.3 Å². The molecule has 18 heavy (non-hydrogen) atoms. The lowest BCUT2D eigenvalue weighted by atomic mass is 9.89. The van der Waals surface area contributed by atoms with Crippen molar-refractivity contribution in [3.8, 4) is 5.75 Å². The minimum Gasteiger partial charge on any atom is -0.489 e. The molecule has 1 aliphatic carbocycles. The van der Waals surface area contributed by atoms with Gasteiger partial charge in [0.05, 0.1) is 12.3 Å². The van der Waals surface area contributed by atoms with Gasteiger partial charge in [0.2, 0.25) is 0 Å². The summed E-state index contributed by atoms with van der Waals surface area (Å²) in [5.74, 6) is 1.60. The monoisotopic (exact) mass is 247 g/mol. The molecule has 1 saturated carbocycles. The molecule has 0 amide bonds. The molecule has 1 aliphatic rings. The van der Waals surface area contributed by atoms with Crippen LogP contribution in [-0.2, 0) is 0 Å².